The molecule has 104 valence electrons. The molecule has 0 saturated carbocycles. The average Bonchev–Trinajstić information content (AvgIpc) is 3.19. The van der Waals surface area contributed by atoms with Crippen LogP contribution < -0.4 is 10.9 Å². The molecule has 8 heteroatoms. The first kappa shape index (κ1) is 12.2. The zero-order valence-corrected chi connectivity index (χ0v) is 11.7. The van der Waals surface area contributed by atoms with Crippen molar-refractivity contribution in [3.8, 4) is 0 Å². The third kappa shape index (κ3) is 2.00. The number of carbonyl (C=O) groups is 1. The van der Waals surface area contributed by atoms with Crippen molar-refractivity contribution in [3.63, 3.8) is 0 Å². The molecule has 0 aliphatic carbocycles. The lowest BCUT2D eigenvalue weighted by Crippen LogP contribution is -2.24. The normalized spacial score (nSPS) is 14.2. The number of carbonyl (C=O) groups excluding carboxylic acids is 1. The van der Waals surface area contributed by atoms with Crippen molar-refractivity contribution in [3.05, 3.63) is 41.0 Å². The Balaban J connectivity index is 1.95. The summed E-state index contributed by atoms with van der Waals surface area (Å²) in [6.07, 6.45) is 0. The molecule has 3 heterocycles. The molecule has 7 nitrogen and oxygen atoms in total. The summed E-state index contributed by atoms with van der Waals surface area (Å²) in [4.78, 5) is 20.7. The van der Waals surface area contributed by atoms with Crippen LogP contribution in [0.15, 0.2) is 34.6 Å². The van der Waals surface area contributed by atoms with E-state index < -0.39 is 5.91 Å². The molecule has 1 N–H and O–H groups in total. The first-order chi connectivity index (χ1) is 10.3. The molecule has 0 unspecified atom stereocenters. The van der Waals surface area contributed by atoms with Crippen LogP contribution in [0.1, 0.15) is 10.5 Å². The van der Waals surface area contributed by atoms with Crippen LogP contribution >= 0.6 is 11.5 Å². The van der Waals surface area contributed by atoms with E-state index in [4.69, 9.17) is 0 Å². The smallest absolute Gasteiger partial charge is 0.301 e. The number of amides is 1. The second-order valence-electron chi connectivity index (χ2n) is 4.56. The highest BCUT2D eigenvalue weighted by atomic mass is 32.1. The van der Waals surface area contributed by atoms with Crippen molar-refractivity contribution in [2.75, 3.05) is 11.9 Å². The van der Waals surface area contributed by atoms with E-state index in [9.17, 15) is 4.79 Å². The number of fused-ring (bicyclic) bond motifs is 3. The predicted octanol–water partition coefficient (Wildman–Crippen LogP) is 1.05. The van der Waals surface area contributed by atoms with E-state index in [1.54, 1.807) is 5.38 Å². The number of hydrogen-bond donors (Lipinski definition) is 1. The molecule has 0 spiro atoms. The lowest BCUT2D eigenvalue weighted by molar-refractivity contribution is 0.0992. The van der Waals surface area contributed by atoms with Crippen LogP contribution in [0.5, 0.6) is 0 Å². The molecule has 21 heavy (non-hydrogen) atoms. The Morgan fingerprint density at radius 2 is 2.29 bits per heavy atom. The minimum atomic E-state index is -0.423. The van der Waals surface area contributed by atoms with E-state index in [0.29, 0.717) is 5.62 Å². The number of para-hydroxylation sites is 1. The molecule has 4 rings (SSSR count). The fourth-order valence-corrected chi connectivity index (χ4v) is 2.79. The fraction of sp³-hybridized carbons (Fsp3) is 0.154. The van der Waals surface area contributed by atoms with Crippen molar-refractivity contribution < 1.29 is 4.79 Å². The zero-order chi connectivity index (χ0) is 14.2. The topological polar surface area (TPSA) is 85.1 Å². The van der Waals surface area contributed by atoms with Gasteiger partial charge in [-0.1, -0.05) is 16.6 Å². The zero-order valence-electron chi connectivity index (χ0n) is 10.9. The number of anilines is 1. The minimum absolute atomic E-state index is 0.246. The highest BCUT2D eigenvalue weighted by Gasteiger charge is 2.16. The first-order valence-electron chi connectivity index (χ1n) is 6.42. The van der Waals surface area contributed by atoms with Gasteiger partial charge in [-0.25, -0.2) is 4.98 Å². The number of nitrogens with one attached hydrogen (secondary N) is 1. The summed E-state index contributed by atoms with van der Waals surface area (Å²) in [5, 5.41) is 9.66. The van der Waals surface area contributed by atoms with E-state index in [2.05, 4.69) is 24.9 Å². The second-order valence-corrected chi connectivity index (χ2v) is 5.17. The summed E-state index contributed by atoms with van der Waals surface area (Å²) in [6.45, 7) is 1.53. The molecule has 0 radical (unpaired) electrons. The van der Waals surface area contributed by atoms with E-state index in [1.807, 2.05) is 28.8 Å². The predicted molar refractivity (Wildman–Crippen MR) is 78.0 cm³/mol. The summed E-state index contributed by atoms with van der Waals surface area (Å²) in [6, 6.07) is 7.79. The molecule has 1 aliphatic rings. The third-order valence-corrected chi connectivity index (χ3v) is 3.80. The molecular formula is C13H10N6OS. The van der Waals surface area contributed by atoms with E-state index in [1.165, 1.54) is 0 Å². The minimum Gasteiger partial charge on any atom is -0.369 e. The van der Waals surface area contributed by atoms with E-state index in [0.717, 1.165) is 41.3 Å². The van der Waals surface area contributed by atoms with Crippen molar-refractivity contribution in [1.82, 2.24) is 19.1 Å². The molecule has 1 aliphatic heterocycles. The van der Waals surface area contributed by atoms with Gasteiger partial charge in [0.05, 0.1) is 5.52 Å². The van der Waals surface area contributed by atoms with Crippen LogP contribution in [0, 0.1) is 0 Å². The molecule has 0 bridgehead atoms. The Morgan fingerprint density at radius 1 is 1.38 bits per heavy atom. The van der Waals surface area contributed by atoms with Crippen molar-refractivity contribution in [1.29, 1.82) is 0 Å². The van der Waals surface area contributed by atoms with Gasteiger partial charge in [0.25, 0.3) is 0 Å². The van der Waals surface area contributed by atoms with Crippen LogP contribution in [0.4, 0.5) is 5.82 Å². The van der Waals surface area contributed by atoms with Gasteiger partial charge in [0.1, 0.15) is 5.82 Å². The SMILES string of the molecule is O=C(N=c1nc2ccccc2c2n1CCN2)c1csnn1. The molecular weight excluding hydrogens is 288 g/mol. The van der Waals surface area contributed by atoms with Crippen LogP contribution in [-0.4, -0.2) is 31.6 Å². The summed E-state index contributed by atoms with van der Waals surface area (Å²) < 4.78 is 5.60. The van der Waals surface area contributed by atoms with Crippen LogP contribution in [0.3, 0.4) is 0 Å². The van der Waals surface area contributed by atoms with Gasteiger partial charge in [-0.2, -0.15) is 4.99 Å². The van der Waals surface area contributed by atoms with Gasteiger partial charge < -0.3 is 5.32 Å². The Bertz CT molecular complexity index is 899. The number of aromatic nitrogens is 4. The second kappa shape index (κ2) is 4.74. The number of rotatable bonds is 1. The van der Waals surface area contributed by atoms with Crippen LogP contribution in [0.25, 0.3) is 10.9 Å². The molecule has 0 atom stereocenters. The lowest BCUT2D eigenvalue weighted by Gasteiger charge is -2.07. The average molecular weight is 298 g/mol. The molecule has 2 aromatic heterocycles. The van der Waals surface area contributed by atoms with Crippen molar-refractivity contribution in [2.45, 2.75) is 6.54 Å². The van der Waals surface area contributed by atoms with Gasteiger partial charge in [-0.05, 0) is 23.7 Å². The summed E-state index contributed by atoms with van der Waals surface area (Å²) in [7, 11) is 0. The lowest BCUT2D eigenvalue weighted by atomic mass is 10.2. The molecule has 1 aromatic carbocycles. The summed E-state index contributed by atoms with van der Waals surface area (Å²) in [5.74, 6) is 0.525. The fourth-order valence-electron chi connectivity index (χ4n) is 2.36. The van der Waals surface area contributed by atoms with Gasteiger partial charge in [0, 0.05) is 23.9 Å². The maximum absolute atomic E-state index is 12.1. The maximum atomic E-state index is 12.1. The Labute approximate surface area is 123 Å². The van der Waals surface area contributed by atoms with Gasteiger partial charge in [-0.15, -0.1) is 5.10 Å². The molecule has 3 aromatic rings. The van der Waals surface area contributed by atoms with E-state index in [-0.39, 0.29) is 5.69 Å². The number of nitrogens with zero attached hydrogens (tertiary/aromatic N) is 5. The Hall–Kier alpha value is -2.61. The number of benzene rings is 1. The largest absolute Gasteiger partial charge is 0.369 e. The third-order valence-electron chi connectivity index (χ3n) is 3.30. The molecule has 0 saturated heterocycles. The van der Waals surface area contributed by atoms with Crippen LogP contribution in [-0.2, 0) is 6.54 Å². The first-order valence-corrected chi connectivity index (χ1v) is 7.26. The number of hydrogen-bond acceptors (Lipinski definition) is 6. The highest BCUT2D eigenvalue weighted by Crippen LogP contribution is 2.22. The van der Waals surface area contributed by atoms with Crippen molar-refractivity contribution >= 4 is 34.2 Å². The maximum Gasteiger partial charge on any atom is 0.301 e. The van der Waals surface area contributed by atoms with Crippen LogP contribution in [0.2, 0.25) is 0 Å². The van der Waals surface area contributed by atoms with E-state index >= 15 is 0 Å². The Morgan fingerprint density at radius 3 is 3.14 bits per heavy atom. The highest BCUT2D eigenvalue weighted by molar-refractivity contribution is 7.03. The van der Waals surface area contributed by atoms with Gasteiger partial charge in [0.2, 0.25) is 5.62 Å². The molecule has 1 amide bonds. The summed E-state index contributed by atoms with van der Waals surface area (Å²) in [5.41, 5.74) is 1.45. The van der Waals surface area contributed by atoms with Gasteiger partial charge >= 0.3 is 5.91 Å². The van der Waals surface area contributed by atoms with Gasteiger partial charge in [-0.3, -0.25) is 9.36 Å². The Kier molecular flexibility index (Phi) is 2.74. The standard InChI is InChI=1S/C13H10N6OS/c20-12(10-7-21-18-17-10)16-13-15-9-4-2-1-3-8(9)11-14-5-6-19(11)13/h1-4,7,14H,5-6H2. The van der Waals surface area contributed by atoms with Crippen molar-refractivity contribution in [2.24, 2.45) is 4.99 Å². The summed E-state index contributed by atoms with van der Waals surface area (Å²) >= 11 is 1.12. The molecule has 0 fully saturated rings. The van der Waals surface area contributed by atoms with Gasteiger partial charge in [0.15, 0.2) is 5.69 Å². The quantitative estimate of drug-likeness (QED) is 0.726. The monoisotopic (exact) mass is 298 g/mol.